The highest BCUT2D eigenvalue weighted by molar-refractivity contribution is 5.99. The molecule has 0 aliphatic carbocycles. The van der Waals surface area contributed by atoms with Crippen LogP contribution in [-0.2, 0) is 0 Å². The van der Waals surface area contributed by atoms with Crippen molar-refractivity contribution in [1.82, 2.24) is 29.7 Å². The zero-order valence-electron chi connectivity index (χ0n) is 19.7. The standard InChI is InChI=1S/C28H28N6O/c1-3-9-22(10-4-1)27-30-31-28-24-11-7-16-29-26(24)25(32-34(27)28)21-12-14-23(15-13-21)35-20-8-19-33-17-5-2-6-18-33/h1,3-4,7,9-16H,2,5-6,8,17-20H2. The highest BCUT2D eigenvalue weighted by Crippen LogP contribution is 2.30. The van der Waals surface area contributed by atoms with Crippen molar-refractivity contribution in [2.45, 2.75) is 25.7 Å². The Kier molecular flexibility index (Phi) is 6.07. The number of nitrogens with zero attached hydrogens (tertiary/aromatic N) is 6. The summed E-state index contributed by atoms with van der Waals surface area (Å²) in [5.41, 5.74) is 4.24. The molecule has 7 nitrogen and oxygen atoms in total. The Labute approximate surface area is 204 Å². The molecule has 0 unspecified atom stereocenters. The molecule has 2 aromatic carbocycles. The van der Waals surface area contributed by atoms with Crippen molar-refractivity contribution in [1.29, 1.82) is 0 Å². The molecule has 1 fully saturated rings. The van der Waals surface area contributed by atoms with E-state index < -0.39 is 0 Å². The lowest BCUT2D eigenvalue weighted by Crippen LogP contribution is -2.31. The van der Waals surface area contributed by atoms with Gasteiger partial charge in [0.1, 0.15) is 17.0 Å². The van der Waals surface area contributed by atoms with Crippen molar-refractivity contribution in [2.75, 3.05) is 26.2 Å². The predicted octanol–water partition coefficient (Wildman–Crippen LogP) is 5.26. The van der Waals surface area contributed by atoms with E-state index in [4.69, 9.17) is 9.84 Å². The lowest BCUT2D eigenvalue weighted by molar-refractivity contribution is 0.205. The first-order valence-corrected chi connectivity index (χ1v) is 12.4. The molecule has 0 bridgehead atoms. The third-order valence-electron chi connectivity index (χ3n) is 6.61. The number of piperidine rings is 1. The molecule has 35 heavy (non-hydrogen) atoms. The van der Waals surface area contributed by atoms with Crippen molar-refractivity contribution in [3.05, 3.63) is 72.9 Å². The fraction of sp³-hybridized carbons (Fsp3) is 0.286. The topological polar surface area (TPSA) is 68.4 Å². The van der Waals surface area contributed by atoms with Gasteiger partial charge in [0.2, 0.25) is 0 Å². The van der Waals surface area contributed by atoms with Gasteiger partial charge in [-0.15, -0.1) is 10.2 Å². The lowest BCUT2D eigenvalue weighted by Gasteiger charge is -2.26. The van der Waals surface area contributed by atoms with Crippen molar-refractivity contribution < 1.29 is 4.74 Å². The quantitative estimate of drug-likeness (QED) is 0.306. The van der Waals surface area contributed by atoms with Crippen molar-refractivity contribution >= 4 is 16.6 Å². The molecule has 4 heterocycles. The van der Waals surface area contributed by atoms with Crippen LogP contribution in [0.2, 0.25) is 0 Å². The number of hydrogen-bond donors (Lipinski definition) is 0. The van der Waals surface area contributed by atoms with Gasteiger partial charge in [0.05, 0.1) is 6.61 Å². The minimum absolute atomic E-state index is 0.698. The van der Waals surface area contributed by atoms with E-state index in [1.165, 1.54) is 32.4 Å². The Balaban J connectivity index is 1.26. The SMILES string of the molecule is c1ccc(-c2nnc3c4cccnc4c(-c4ccc(OCCCN5CCCCC5)cc4)nn23)cc1. The van der Waals surface area contributed by atoms with Gasteiger partial charge in [-0.05, 0) is 68.8 Å². The molecule has 1 aliphatic rings. The van der Waals surface area contributed by atoms with Gasteiger partial charge < -0.3 is 9.64 Å². The highest BCUT2D eigenvalue weighted by Gasteiger charge is 2.17. The fourth-order valence-electron chi connectivity index (χ4n) is 4.80. The van der Waals surface area contributed by atoms with E-state index in [9.17, 15) is 0 Å². The molecule has 0 N–H and O–H groups in total. The molecule has 6 rings (SSSR count). The van der Waals surface area contributed by atoms with Crippen LogP contribution in [0.25, 0.3) is 39.2 Å². The van der Waals surface area contributed by atoms with Crippen LogP contribution in [0, 0.1) is 0 Å². The second kappa shape index (κ2) is 9.80. The van der Waals surface area contributed by atoms with E-state index >= 15 is 0 Å². The minimum atomic E-state index is 0.698. The number of ether oxygens (including phenoxy) is 1. The van der Waals surface area contributed by atoms with Gasteiger partial charge in [-0.3, -0.25) is 4.98 Å². The summed E-state index contributed by atoms with van der Waals surface area (Å²) in [5.74, 6) is 1.58. The average Bonchev–Trinajstić information content (AvgIpc) is 3.36. The van der Waals surface area contributed by atoms with Crippen LogP contribution in [0.4, 0.5) is 0 Å². The maximum absolute atomic E-state index is 6.02. The van der Waals surface area contributed by atoms with E-state index in [2.05, 4.69) is 32.2 Å². The molecule has 0 spiro atoms. The Morgan fingerprint density at radius 3 is 2.46 bits per heavy atom. The molecule has 1 aliphatic heterocycles. The first-order valence-electron chi connectivity index (χ1n) is 12.4. The summed E-state index contributed by atoms with van der Waals surface area (Å²) < 4.78 is 7.84. The number of aromatic nitrogens is 5. The monoisotopic (exact) mass is 464 g/mol. The molecule has 7 heteroatoms. The average molecular weight is 465 g/mol. The Morgan fingerprint density at radius 2 is 1.63 bits per heavy atom. The number of rotatable bonds is 7. The number of benzene rings is 2. The summed E-state index contributed by atoms with van der Waals surface area (Å²) in [7, 11) is 0. The van der Waals surface area contributed by atoms with Crippen molar-refractivity contribution in [3.8, 4) is 28.4 Å². The van der Waals surface area contributed by atoms with E-state index in [0.29, 0.717) is 11.5 Å². The molecule has 3 aromatic heterocycles. The Bertz CT molecular complexity index is 1430. The van der Waals surface area contributed by atoms with Crippen LogP contribution in [0.5, 0.6) is 5.75 Å². The van der Waals surface area contributed by atoms with Crippen LogP contribution in [0.1, 0.15) is 25.7 Å². The van der Waals surface area contributed by atoms with Crippen LogP contribution >= 0.6 is 0 Å². The van der Waals surface area contributed by atoms with Gasteiger partial charge in [-0.25, -0.2) is 0 Å². The molecule has 0 saturated carbocycles. The van der Waals surface area contributed by atoms with Crippen LogP contribution in [0.3, 0.4) is 0 Å². The van der Waals surface area contributed by atoms with Gasteiger partial charge in [0, 0.05) is 29.3 Å². The summed E-state index contributed by atoms with van der Waals surface area (Å²) in [6.45, 7) is 4.30. The number of likely N-dealkylation sites (tertiary alicyclic amines) is 1. The largest absolute Gasteiger partial charge is 0.494 e. The number of hydrogen-bond acceptors (Lipinski definition) is 6. The smallest absolute Gasteiger partial charge is 0.187 e. The lowest BCUT2D eigenvalue weighted by atomic mass is 10.1. The number of fused-ring (bicyclic) bond motifs is 3. The zero-order chi connectivity index (χ0) is 23.5. The van der Waals surface area contributed by atoms with Crippen LogP contribution in [0.15, 0.2) is 72.9 Å². The van der Waals surface area contributed by atoms with E-state index in [-0.39, 0.29) is 0 Å². The summed E-state index contributed by atoms with van der Waals surface area (Å²) in [4.78, 5) is 7.18. The second-order valence-electron chi connectivity index (χ2n) is 9.00. The summed E-state index contributed by atoms with van der Waals surface area (Å²) in [6, 6.07) is 22.1. The summed E-state index contributed by atoms with van der Waals surface area (Å²) in [6.07, 6.45) is 6.86. The van der Waals surface area contributed by atoms with Crippen LogP contribution < -0.4 is 4.74 Å². The first-order chi connectivity index (χ1) is 17.4. The minimum Gasteiger partial charge on any atom is -0.494 e. The highest BCUT2D eigenvalue weighted by atomic mass is 16.5. The molecule has 5 aromatic rings. The molecule has 0 radical (unpaired) electrons. The third-order valence-corrected chi connectivity index (χ3v) is 6.61. The van der Waals surface area contributed by atoms with Gasteiger partial charge in [-0.2, -0.15) is 9.61 Å². The van der Waals surface area contributed by atoms with Gasteiger partial charge >= 0.3 is 0 Å². The Morgan fingerprint density at radius 1 is 0.800 bits per heavy atom. The zero-order valence-corrected chi connectivity index (χ0v) is 19.7. The van der Waals surface area contributed by atoms with E-state index in [1.807, 2.05) is 59.1 Å². The molecule has 176 valence electrons. The summed E-state index contributed by atoms with van der Waals surface area (Å²) in [5, 5.41) is 14.7. The maximum atomic E-state index is 6.02. The van der Waals surface area contributed by atoms with Crippen LogP contribution in [-0.4, -0.2) is 55.9 Å². The van der Waals surface area contributed by atoms with Crippen molar-refractivity contribution in [3.63, 3.8) is 0 Å². The molecule has 0 atom stereocenters. The van der Waals surface area contributed by atoms with Gasteiger partial charge in [-0.1, -0.05) is 36.8 Å². The molecule has 1 saturated heterocycles. The summed E-state index contributed by atoms with van der Waals surface area (Å²) >= 11 is 0. The fourth-order valence-corrected chi connectivity index (χ4v) is 4.80. The predicted molar refractivity (Wildman–Crippen MR) is 137 cm³/mol. The van der Waals surface area contributed by atoms with Crippen molar-refractivity contribution in [2.24, 2.45) is 0 Å². The molecular weight excluding hydrogens is 436 g/mol. The van der Waals surface area contributed by atoms with Gasteiger partial charge in [0.15, 0.2) is 11.5 Å². The first kappa shape index (κ1) is 21.7. The second-order valence-corrected chi connectivity index (χ2v) is 9.00. The molecular formula is C28H28N6O. The number of pyridine rings is 1. The third kappa shape index (κ3) is 4.47. The molecule has 0 amide bonds. The maximum Gasteiger partial charge on any atom is 0.187 e. The Hall–Kier alpha value is -3.84. The van der Waals surface area contributed by atoms with Gasteiger partial charge in [0.25, 0.3) is 0 Å². The normalized spacial score (nSPS) is 14.5. The van der Waals surface area contributed by atoms with E-state index in [1.54, 1.807) is 6.20 Å². The van der Waals surface area contributed by atoms with E-state index in [0.717, 1.165) is 53.0 Å².